The van der Waals surface area contributed by atoms with Crippen LogP contribution in [0.5, 0.6) is 5.75 Å². The molecule has 1 aromatic carbocycles. The SMILES string of the molecule is C=NC1=CCC(C)=CC=C1C(=NC)NCc1ccccc1O. The molecule has 2 rings (SSSR count). The highest BCUT2D eigenvalue weighted by Gasteiger charge is 2.13. The molecule has 0 bridgehead atoms. The van der Waals surface area contributed by atoms with Crippen molar-refractivity contribution in [2.45, 2.75) is 19.9 Å². The summed E-state index contributed by atoms with van der Waals surface area (Å²) in [5.74, 6) is 1.00. The minimum absolute atomic E-state index is 0.272. The van der Waals surface area contributed by atoms with E-state index in [1.165, 1.54) is 5.57 Å². The number of aromatic hydroxyl groups is 1. The third-order valence-electron chi connectivity index (χ3n) is 3.51. The molecule has 4 nitrogen and oxygen atoms in total. The van der Waals surface area contributed by atoms with E-state index in [0.717, 1.165) is 29.1 Å². The van der Waals surface area contributed by atoms with E-state index in [2.05, 4.69) is 35.0 Å². The molecule has 0 atom stereocenters. The van der Waals surface area contributed by atoms with Gasteiger partial charge in [0.25, 0.3) is 0 Å². The first-order valence-electron chi connectivity index (χ1n) is 7.18. The number of phenolic OH excluding ortho intramolecular Hbond substituents is 1. The van der Waals surface area contributed by atoms with Crippen LogP contribution in [0.4, 0.5) is 0 Å². The fraction of sp³-hybridized carbons (Fsp3) is 0.222. The smallest absolute Gasteiger partial charge is 0.130 e. The van der Waals surface area contributed by atoms with Crippen LogP contribution in [0, 0.1) is 0 Å². The third kappa shape index (κ3) is 3.73. The van der Waals surface area contributed by atoms with Gasteiger partial charge in [0.05, 0.1) is 5.70 Å². The molecule has 0 aromatic heterocycles. The Labute approximate surface area is 131 Å². The summed E-state index contributed by atoms with van der Waals surface area (Å²) in [5.41, 5.74) is 3.80. The molecule has 0 saturated carbocycles. The van der Waals surface area contributed by atoms with Crippen molar-refractivity contribution in [3.63, 3.8) is 0 Å². The topological polar surface area (TPSA) is 57.0 Å². The lowest BCUT2D eigenvalue weighted by atomic mass is 10.1. The van der Waals surface area contributed by atoms with Gasteiger partial charge in [0.2, 0.25) is 0 Å². The van der Waals surface area contributed by atoms with Gasteiger partial charge >= 0.3 is 0 Å². The predicted octanol–water partition coefficient (Wildman–Crippen LogP) is 3.37. The molecule has 2 N–H and O–H groups in total. The minimum atomic E-state index is 0.272. The molecule has 0 aliphatic heterocycles. The predicted molar refractivity (Wildman–Crippen MR) is 92.4 cm³/mol. The van der Waals surface area contributed by atoms with Crippen LogP contribution in [0.2, 0.25) is 0 Å². The van der Waals surface area contributed by atoms with Crippen molar-refractivity contribution in [3.8, 4) is 5.75 Å². The molecule has 0 radical (unpaired) electrons. The van der Waals surface area contributed by atoms with Crippen molar-refractivity contribution in [1.82, 2.24) is 5.32 Å². The summed E-state index contributed by atoms with van der Waals surface area (Å²) in [6.07, 6.45) is 6.97. The van der Waals surface area contributed by atoms with Crippen LogP contribution in [0.15, 0.2) is 69.3 Å². The van der Waals surface area contributed by atoms with Crippen molar-refractivity contribution in [3.05, 3.63) is 64.9 Å². The van der Waals surface area contributed by atoms with Crippen LogP contribution >= 0.6 is 0 Å². The first-order valence-corrected chi connectivity index (χ1v) is 7.18. The van der Waals surface area contributed by atoms with E-state index in [-0.39, 0.29) is 5.75 Å². The Morgan fingerprint density at radius 1 is 1.32 bits per heavy atom. The molecule has 114 valence electrons. The van der Waals surface area contributed by atoms with Crippen molar-refractivity contribution in [2.24, 2.45) is 9.98 Å². The summed E-state index contributed by atoms with van der Waals surface area (Å²) in [7, 11) is 1.73. The molecule has 0 unspecified atom stereocenters. The molecule has 1 aromatic rings. The highest BCUT2D eigenvalue weighted by Crippen LogP contribution is 2.21. The second-order valence-electron chi connectivity index (χ2n) is 5.10. The Bertz CT molecular complexity index is 681. The monoisotopic (exact) mass is 295 g/mol. The second-order valence-corrected chi connectivity index (χ2v) is 5.10. The largest absolute Gasteiger partial charge is 0.508 e. The minimum Gasteiger partial charge on any atom is -0.508 e. The Morgan fingerprint density at radius 3 is 2.77 bits per heavy atom. The lowest BCUT2D eigenvalue weighted by molar-refractivity contribution is 0.467. The molecule has 1 aliphatic rings. The fourth-order valence-corrected chi connectivity index (χ4v) is 2.23. The maximum atomic E-state index is 9.84. The molecule has 0 spiro atoms. The molecule has 0 saturated heterocycles. The van der Waals surface area contributed by atoms with E-state index in [0.29, 0.717) is 6.54 Å². The highest BCUT2D eigenvalue weighted by molar-refractivity contribution is 6.02. The van der Waals surface area contributed by atoms with Crippen molar-refractivity contribution in [2.75, 3.05) is 7.05 Å². The van der Waals surface area contributed by atoms with E-state index in [1.807, 2.05) is 24.3 Å². The van der Waals surface area contributed by atoms with Gasteiger partial charge in [-0.15, -0.1) is 0 Å². The van der Waals surface area contributed by atoms with Gasteiger partial charge in [-0.1, -0.05) is 35.9 Å². The van der Waals surface area contributed by atoms with Crippen LogP contribution in [0.1, 0.15) is 18.9 Å². The normalized spacial score (nSPS) is 15.4. The van der Waals surface area contributed by atoms with Gasteiger partial charge in [-0.2, -0.15) is 0 Å². The Hall–Kier alpha value is -2.62. The average Bonchev–Trinajstić information content (AvgIpc) is 2.71. The summed E-state index contributed by atoms with van der Waals surface area (Å²) >= 11 is 0. The highest BCUT2D eigenvalue weighted by atomic mass is 16.3. The Kier molecular flexibility index (Phi) is 5.31. The van der Waals surface area contributed by atoms with Crippen LogP contribution in [-0.2, 0) is 6.54 Å². The molecular weight excluding hydrogens is 274 g/mol. The molecule has 0 amide bonds. The van der Waals surface area contributed by atoms with Crippen LogP contribution in [0.3, 0.4) is 0 Å². The first kappa shape index (κ1) is 15.8. The van der Waals surface area contributed by atoms with Crippen molar-refractivity contribution in [1.29, 1.82) is 0 Å². The van der Waals surface area contributed by atoms with E-state index in [4.69, 9.17) is 0 Å². The van der Waals surface area contributed by atoms with Crippen LogP contribution in [-0.4, -0.2) is 24.7 Å². The summed E-state index contributed by atoms with van der Waals surface area (Å²) in [4.78, 5) is 8.42. The Balaban J connectivity index is 2.21. The Morgan fingerprint density at radius 2 is 2.09 bits per heavy atom. The van der Waals surface area contributed by atoms with Gasteiger partial charge in [0.1, 0.15) is 11.6 Å². The number of nitrogens with one attached hydrogen (secondary N) is 1. The molecule has 4 heteroatoms. The van der Waals surface area contributed by atoms with Gasteiger partial charge < -0.3 is 10.4 Å². The summed E-state index contributed by atoms with van der Waals surface area (Å²) in [6, 6.07) is 7.25. The number of phenols is 1. The van der Waals surface area contributed by atoms with Gasteiger partial charge in [-0.05, 0) is 32.2 Å². The maximum Gasteiger partial charge on any atom is 0.130 e. The maximum absolute atomic E-state index is 9.84. The summed E-state index contributed by atoms with van der Waals surface area (Å²) in [5, 5.41) is 13.1. The molecule has 0 fully saturated rings. The number of amidine groups is 1. The number of benzene rings is 1. The van der Waals surface area contributed by atoms with Gasteiger partial charge in [0.15, 0.2) is 0 Å². The number of hydrogen-bond donors (Lipinski definition) is 2. The fourth-order valence-electron chi connectivity index (χ4n) is 2.23. The number of aliphatic imine (C=N–C) groups is 2. The number of para-hydroxylation sites is 1. The standard InChI is InChI=1S/C18H21N3O/c1-13-8-10-15(16(19-2)11-9-13)18(20-3)21-12-14-6-4-5-7-17(14)22/h4-8,10-11,22H,2,9,12H2,1,3H3,(H,20,21). The lowest BCUT2D eigenvalue weighted by Gasteiger charge is -2.13. The quantitative estimate of drug-likeness (QED) is 0.661. The lowest BCUT2D eigenvalue weighted by Crippen LogP contribution is -2.25. The molecular formula is C18H21N3O. The van der Waals surface area contributed by atoms with Crippen LogP contribution < -0.4 is 5.32 Å². The third-order valence-corrected chi connectivity index (χ3v) is 3.51. The van der Waals surface area contributed by atoms with Gasteiger partial charge in [0, 0.05) is 24.7 Å². The zero-order valence-corrected chi connectivity index (χ0v) is 13.0. The zero-order chi connectivity index (χ0) is 15.9. The average molecular weight is 295 g/mol. The first-order chi connectivity index (χ1) is 10.7. The molecule has 1 aliphatic carbocycles. The number of rotatable bonds is 4. The number of allylic oxidation sites excluding steroid dienone is 4. The molecule has 22 heavy (non-hydrogen) atoms. The zero-order valence-electron chi connectivity index (χ0n) is 13.0. The van der Waals surface area contributed by atoms with Crippen LogP contribution in [0.25, 0.3) is 0 Å². The van der Waals surface area contributed by atoms with E-state index in [1.54, 1.807) is 19.2 Å². The van der Waals surface area contributed by atoms with Gasteiger partial charge in [-0.25, -0.2) is 0 Å². The van der Waals surface area contributed by atoms with Gasteiger partial charge in [-0.3, -0.25) is 9.98 Å². The number of nitrogens with zero attached hydrogens (tertiary/aromatic N) is 2. The van der Waals surface area contributed by atoms with E-state index < -0.39 is 0 Å². The second kappa shape index (κ2) is 7.41. The molecule has 0 heterocycles. The number of hydrogen-bond acceptors (Lipinski definition) is 3. The van der Waals surface area contributed by atoms with Crippen molar-refractivity contribution < 1.29 is 5.11 Å². The summed E-state index contributed by atoms with van der Waals surface area (Å²) in [6.45, 7) is 6.21. The van der Waals surface area contributed by atoms with E-state index in [9.17, 15) is 5.11 Å². The summed E-state index contributed by atoms with van der Waals surface area (Å²) < 4.78 is 0. The van der Waals surface area contributed by atoms with E-state index >= 15 is 0 Å². The van der Waals surface area contributed by atoms with Crippen molar-refractivity contribution >= 4 is 12.6 Å².